The summed E-state index contributed by atoms with van der Waals surface area (Å²) >= 11 is 0. The highest BCUT2D eigenvalue weighted by molar-refractivity contribution is 6.11. The van der Waals surface area contributed by atoms with Gasteiger partial charge in [-0.25, -0.2) is 4.79 Å². The number of Topliss-reactive ketones (excluding diaryl/α,β-unsaturated/α-hetero) is 1. The van der Waals surface area contributed by atoms with Crippen LogP contribution in [0.15, 0.2) is 60.8 Å². The number of aromatic nitrogens is 1. The second-order valence-corrected chi connectivity index (χ2v) is 6.63. The molecule has 0 radical (unpaired) electrons. The number of morpholine rings is 1. The summed E-state index contributed by atoms with van der Waals surface area (Å²) in [4.78, 5) is 27.6. The Labute approximate surface area is 167 Å². The third-order valence-electron chi connectivity index (χ3n) is 4.79. The van der Waals surface area contributed by atoms with Crippen molar-refractivity contribution >= 4 is 22.7 Å². The molecule has 1 fully saturated rings. The summed E-state index contributed by atoms with van der Waals surface area (Å²) in [6, 6.07) is 16.0. The third kappa shape index (κ3) is 3.82. The number of nitrogens with one attached hydrogen (secondary N) is 1. The van der Waals surface area contributed by atoms with Gasteiger partial charge in [0.1, 0.15) is 0 Å². The van der Waals surface area contributed by atoms with E-state index in [0.29, 0.717) is 42.8 Å². The molecule has 1 N–H and O–H groups in total. The number of ketones is 1. The maximum atomic E-state index is 13.1. The molecule has 1 amide bonds. The topological polar surface area (TPSA) is 75.4 Å². The van der Waals surface area contributed by atoms with Gasteiger partial charge in [-0.05, 0) is 24.1 Å². The van der Waals surface area contributed by atoms with E-state index in [2.05, 4.69) is 11.8 Å². The average Bonchev–Trinajstić information content (AvgIpc) is 2.79. The van der Waals surface area contributed by atoms with Crippen molar-refractivity contribution in [3.8, 4) is 11.8 Å². The summed E-state index contributed by atoms with van der Waals surface area (Å²) in [5.74, 6) is 4.93. The highest BCUT2D eigenvalue weighted by Crippen LogP contribution is 2.14. The van der Waals surface area contributed by atoms with Crippen LogP contribution in [0.2, 0.25) is 0 Å². The van der Waals surface area contributed by atoms with Gasteiger partial charge < -0.3 is 9.64 Å². The van der Waals surface area contributed by atoms with E-state index in [1.807, 2.05) is 36.4 Å². The Bertz CT molecular complexity index is 1200. The number of amides is 1. The Morgan fingerprint density at radius 1 is 0.966 bits per heavy atom. The molecule has 144 valence electrons. The van der Waals surface area contributed by atoms with Crippen molar-refractivity contribution in [2.75, 3.05) is 26.3 Å². The van der Waals surface area contributed by atoms with E-state index in [-0.39, 0.29) is 17.0 Å². The minimum Gasteiger partial charge on any atom is -0.378 e. The van der Waals surface area contributed by atoms with Crippen LogP contribution in [0.5, 0.6) is 0 Å². The second kappa shape index (κ2) is 8.13. The zero-order chi connectivity index (χ0) is 20.2. The van der Waals surface area contributed by atoms with Gasteiger partial charge in [-0.15, -0.1) is 0 Å². The van der Waals surface area contributed by atoms with Gasteiger partial charge in [0.25, 0.3) is 0 Å². The van der Waals surface area contributed by atoms with Crippen LogP contribution >= 0.6 is 0 Å². The number of rotatable bonds is 1. The number of ether oxygens (including phenoxy) is 1. The van der Waals surface area contributed by atoms with Gasteiger partial charge in [0.15, 0.2) is 0 Å². The molecule has 0 bridgehead atoms. The predicted octanol–water partition coefficient (Wildman–Crippen LogP) is 2.66. The Morgan fingerprint density at radius 3 is 2.41 bits per heavy atom. The highest BCUT2D eigenvalue weighted by atomic mass is 16.5. The van der Waals surface area contributed by atoms with Crippen LogP contribution < -0.4 is 5.36 Å². The molecule has 0 aliphatic carbocycles. The summed E-state index contributed by atoms with van der Waals surface area (Å²) in [5.41, 5.74) is 1.40. The summed E-state index contributed by atoms with van der Waals surface area (Å²) in [5, 5.41) is 9.09. The van der Waals surface area contributed by atoms with E-state index in [0.717, 1.165) is 0 Å². The molecule has 1 saturated heterocycles. The van der Waals surface area contributed by atoms with Crippen molar-refractivity contribution in [3.05, 3.63) is 77.3 Å². The first-order chi connectivity index (χ1) is 14.1. The summed E-state index contributed by atoms with van der Waals surface area (Å²) in [7, 11) is 0. The lowest BCUT2D eigenvalue weighted by molar-refractivity contribution is 0.0537. The SMILES string of the molecule is N=c1c(C(=O)C#Cc2ccccc2)cn(C(=O)N2CCOCC2)c2ccccc12. The smallest absolute Gasteiger partial charge is 0.328 e. The lowest BCUT2D eigenvalue weighted by atomic mass is 10.1. The van der Waals surface area contributed by atoms with Crippen LogP contribution in [0.3, 0.4) is 0 Å². The molecule has 2 aromatic carbocycles. The van der Waals surface area contributed by atoms with Gasteiger partial charge in [0, 0.05) is 30.2 Å². The summed E-state index contributed by atoms with van der Waals surface area (Å²) in [6.07, 6.45) is 1.43. The molecule has 6 heteroatoms. The fraction of sp³-hybridized carbons (Fsp3) is 0.174. The molecule has 1 aliphatic heterocycles. The fourth-order valence-electron chi connectivity index (χ4n) is 3.26. The lowest BCUT2D eigenvalue weighted by Gasteiger charge is -2.28. The lowest BCUT2D eigenvalue weighted by Crippen LogP contribution is -2.43. The molecule has 0 spiro atoms. The van der Waals surface area contributed by atoms with E-state index < -0.39 is 5.78 Å². The Kier molecular flexibility index (Phi) is 5.23. The van der Waals surface area contributed by atoms with Crippen LogP contribution in [0.1, 0.15) is 15.9 Å². The van der Waals surface area contributed by atoms with E-state index in [9.17, 15) is 9.59 Å². The molecular formula is C23H19N3O3. The van der Waals surface area contributed by atoms with Crippen molar-refractivity contribution in [2.45, 2.75) is 0 Å². The van der Waals surface area contributed by atoms with Gasteiger partial charge >= 0.3 is 6.03 Å². The van der Waals surface area contributed by atoms with Crippen molar-refractivity contribution in [1.29, 1.82) is 5.41 Å². The molecular weight excluding hydrogens is 366 g/mol. The van der Waals surface area contributed by atoms with E-state index in [1.165, 1.54) is 10.8 Å². The molecule has 0 unspecified atom stereocenters. The molecule has 0 atom stereocenters. The summed E-state index contributed by atoms with van der Waals surface area (Å²) in [6.45, 7) is 1.93. The first kappa shape index (κ1) is 18.7. The van der Waals surface area contributed by atoms with E-state index in [4.69, 9.17) is 10.1 Å². The maximum Gasteiger partial charge on any atom is 0.328 e. The van der Waals surface area contributed by atoms with Crippen molar-refractivity contribution < 1.29 is 14.3 Å². The average molecular weight is 385 g/mol. The first-order valence-corrected chi connectivity index (χ1v) is 9.32. The normalized spacial score (nSPS) is 13.6. The van der Waals surface area contributed by atoms with Crippen LogP contribution in [-0.4, -0.2) is 47.6 Å². The maximum absolute atomic E-state index is 13.1. The van der Waals surface area contributed by atoms with Crippen LogP contribution in [-0.2, 0) is 4.74 Å². The largest absolute Gasteiger partial charge is 0.378 e. The Hall–Kier alpha value is -3.69. The molecule has 1 aromatic heterocycles. The van der Waals surface area contributed by atoms with Gasteiger partial charge in [-0.2, -0.15) is 0 Å². The van der Waals surface area contributed by atoms with Gasteiger partial charge in [0.2, 0.25) is 5.78 Å². The van der Waals surface area contributed by atoms with Crippen LogP contribution in [0.25, 0.3) is 10.9 Å². The Morgan fingerprint density at radius 2 is 1.66 bits per heavy atom. The first-order valence-electron chi connectivity index (χ1n) is 9.32. The predicted molar refractivity (Wildman–Crippen MR) is 109 cm³/mol. The van der Waals surface area contributed by atoms with Crippen molar-refractivity contribution in [3.63, 3.8) is 0 Å². The number of hydrogen-bond acceptors (Lipinski definition) is 4. The van der Waals surface area contributed by atoms with Gasteiger partial charge in [-0.3, -0.25) is 14.8 Å². The van der Waals surface area contributed by atoms with Crippen LogP contribution in [0.4, 0.5) is 4.79 Å². The third-order valence-corrected chi connectivity index (χ3v) is 4.79. The van der Waals surface area contributed by atoms with Gasteiger partial charge in [-0.1, -0.05) is 42.3 Å². The number of carbonyl (C=O) groups excluding carboxylic acids is 2. The monoisotopic (exact) mass is 385 g/mol. The molecule has 2 heterocycles. The van der Waals surface area contributed by atoms with E-state index in [1.54, 1.807) is 23.1 Å². The minimum absolute atomic E-state index is 0.0685. The number of para-hydroxylation sites is 1. The number of pyridine rings is 1. The Balaban J connectivity index is 1.80. The molecule has 3 aromatic rings. The molecule has 29 heavy (non-hydrogen) atoms. The molecule has 1 aliphatic rings. The number of hydrogen-bond donors (Lipinski definition) is 1. The summed E-state index contributed by atoms with van der Waals surface area (Å²) < 4.78 is 6.76. The van der Waals surface area contributed by atoms with Crippen LogP contribution in [0, 0.1) is 17.3 Å². The second-order valence-electron chi connectivity index (χ2n) is 6.63. The highest BCUT2D eigenvalue weighted by Gasteiger charge is 2.21. The van der Waals surface area contributed by atoms with Crippen molar-refractivity contribution in [2.24, 2.45) is 0 Å². The number of fused-ring (bicyclic) bond motifs is 1. The zero-order valence-electron chi connectivity index (χ0n) is 15.7. The van der Waals surface area contributed by atoms with E-state index >= 15 is 0 Å². The number of benzene rings is 2. The molecule has 0 saturated carbocycles. The number of nitrogens with zero attached hydrogens (tertiary/aromatic N) is 2. The number of carbonyl (C=O) groups is 2. The van der Waals surface area contributed by atoms with Crippen molar-refractivity contribution in [1.82, 2.24) is 9.47 Å². The molecule has 6 nitrogen and oxygen atoms in total. The minimum atomic E-state index is -0.492. The standard InChI is InChI=1S/C23H19N3O3/c24-22-18-8-4-5-9-20(18)26(23(28)25-12-14-29-15-13-25)16-19(22)21(27)11-10-17-6-2-1-3-7-17/h1-9,16,24H,12-15H2. The quantitative estimate of drug-likeness (QED) is 0.517. The zero-order valence-corrected chi connectivity index (χ0v) is 15.7. The fourth-order valence-corrected chi connectivity index (χ4v) is 3.26. The van der Waals surface area contributed by atoms with Gasteiger partial charge in [0.05, 0.1) is 29.7 Å². The molecule has 4 rings (SSSR count).